The normalized spacial score (nSPS) is 10.6. The molecule has 0 amide bonds. The summed E-state index contributed by atoms with van der Waals surface area (Å²) in [6, 6.07) is 25.4. The van der Waals surface area contributed by atoms with Gasteiger partial charge in [-0.2, -0.15) is 0 Å². The monoisotopic (exact) mass is 331 g/mol. The molecule has 0 bridgehead atoms. The van der Waals surface area contributed by atoms with Gasteiger partial charge in [-0.1, -0.05) is 71.8 Å². The Hall–Kier alpha value is -2.58. The molecule has 0 saturated heterocycles. The van der Waals surface area contributed by atoms with Crippen LogP contribution >= 0.6 is 0 Å². The van der Waals surface area contributed by atoms with Gasteiger partial charge in [-0.3, -0.25) is 0 Å². The second-order valence-electron chi connectivity index (χ2n) is 6.51. The lowest BCUT2D eigenvalue weighted by molar-refractivity contribution is 0.306. The number of rotatable bonds is 7. The predicted octanol–water partition coefficient (Wildman–Crippen LogP) is 5.17. The van der Waals surface area contributed by atoms with Crippen molar-refractivity contribution >= 4 is 0 Å². The van der Waals surface area contributed by atoms with E-state index in [1.54, 1.807) is 0 Å². The zero-order valence-electron chi connectivity index (χ0n) is 15.0. The van der Waals surface area contributed by atoms with E-state index in [2.05, 4.69) is 85.9 Å². The van der Waals surface area contributed by atoms with E-state index in [1.807, 2.05) is 6.07 Å². The molecule has 3 aromatic carbocycles. The van der Waals surface area contributed by atoms with Crippen LogP contribution in [0.15, 0.2) is 72.8 Å². The van der Waals surface area contributed by atoms with Crippen molar-refractivity contribution in [1.29, 1.82) is 0 Å². The van der Waals surface area contributed by atoms with Crippen LogP contribution in [0.4, 0.5) is 0 Å². The van der Waals surface area contributed by atoms with E-state index in [1.165, 1.54) is 27.8 Å². The van der Waals surface area contributed by atoms with Gasteiger partial charge in [0.05, 0.1) is 0 Å². The second kappa shape index (κ2) is 8.50. The van der Waals surface area contributed by atoms with Crippen LogP contribution in [0.25, 0.3) is 0 Å². The highest BCUT2D eigenvalue weighted by atomic mass is 16.5. The number of ether oxygens (including phenoxy) is 1. The molecule has 0 aliphatic carbocycles. The number of aryl methyl sites for hydroxylation is 2. The van der Waals surface area contributed by atoms with Crippen LogP contribution in [0.5, 0.6) is 5.75 Å². The van der Waals surface area contributed by atoms with Crippen molar-refractivity contribution in [2.24, 2.45) is 0 Å². The molecule has 0 atom stereocenters. The average molecular weight is 331 g/mol. The molecule has 0 fully saturated rings. The molecule has 0 unspecified atom stereocenters. The number of nitrogens with one attached hydrogen (secondary N) is 1. The van der Waals surface area contributed by atoms with Crippen LogP contribution in [0.1, 0.15) is 27.8 Å². The Kier molecular flexibility index (Phi) is 5.86. The van der Waals surface area contributed by atoms with Gasteiger partial charge in [-0.25, -0.2) is 0 Å². The van der Waals surface area contributed by atoms with Crippen molar-refractivity contribution in [3.05, 3.63) is 101 Å². The summed E-state index contributed by atoms with van der Waals surface area (Å²) in [5.74, 6) is 0.913. The van der Waals surface area contributed by atoms with E-state index in [0.29, 0.717) is 6.61 Å². The Bertz CT molecular complexity index is 808. The van der Waals surface area contributed by atoms with Crippen molar-refractivity contribution in [2.75, 3.05) is 0 Å². The fourth-order valence-electron chi connectivity index (χ4n) is 2.77. The van der Waals surface area contributed by atoms with Crippen molar-refractivity contribution < 1.29 is 4.74 Å². The molecule has 3 rings (SSSR count). The molecular weight excluding hydrogens is 306 g/mol. The Balaban J connectivity index is 1.51. The third-order valence-electron chi connectivity index (χ3n) is 4.17. The predicted molar refractivity (Wildman–Crippen MR) is 104 cm³/mol. The fraction of sp³-hybridized carbons (Fsp3) is 0.217. The molecule has 0 saturated carbocycles. The number of hydrogen-bond donors (Lipinski definition) is 1. The summed E-state index contributed by atoms with van der Waals surface area (Å²) in [5.41, 5.74) is 6.28. The minimum atomic E-state index is 0.599. The summed E-state index contributed by atoms with van der Waals surface area (Å²) in [7, 11) is 0. The highest BCUT2D eigenvalue weighted by Gasteiger charge is 2.00. The first-order valence-electron chi connectivity index (χ1n) is 8.72. The maximum Gasteiger partial charge on any atom is 0.120 e. The highest BCUT2D eigenvalue weighted by Crippen LogP contribution is 2.16. The topological polar surface area (TPSA) is 21.3 Å². The summed E-state index contributed by atoms with van der Waals surface area (Å²) < 4.78 is 5.94. The van der Waals surface area contributed by atoms with Crippen LogP contribution in [-0.2, 0) is 19.7 Å². The Labute approximate surface area is 150 Å². The van der Waals surface area contributed by atoms with Crippen LogP contribution in [0.2, 0.25) is 0 Å². The van der Waals surface area contributed by atoms with Gasteiger partial charge in [0.1, 0.15) is 12.4 Å². The van der Waals surface area contributed by atoms with Gasteiger partial charge in [-0.05, 0) is 42.7 Å². The van der Waals surface area contributed by atoms with E-state index >= 15 is 0 Å². The van der Waals surface area contributed by atoms with Gasteiger partial charge in [0.2, 0.25) is 0 Å². The van der Waals surface area contributed by atoms with E-state index in [-0.39, 0.29) is 0 Å². The standard InChI is InChI=1S/C23H25NO/c1-18-9-11-20(12-10-18)15-24-16-21-6-4-8-23(14-21)25-17-22-7-3-5-19(2)13-22/h3-14,24H,15-17H2,1-2H3. The molecule has 0 spiro atoms. The molecule has 128 valence electrons. The lowest BCUT2D eigenvalue weighted by atomic mass is 10.1. The van der Waals surface area contributed by atoms with Crippen molar-refractivity contribution in [2.45, 2.75) is 33.5 Å². The van der Waals surface area contributed by atoms with Gasteiger partial charge >= 0.3 is 0 Å². The maximum atomic E-state index is 5.94. The summed E-state index contributed by atoms with van der Waals surface area (Å²) >= 11 is 0. The molecule has 0 heterocycles. The van der Waals surface area contributed by atoms with Gasteiger partial charge in [0.15, 0.2) is 0 Å². The number of benzene rings is 3. The molecule has 0 radical (unpaired) electrons. The summed E-state index contributed by atoms with van der Waals surface area (Å²) in [4.78, 5) is 0. The van der Waals surface area contributed by atoms with Crippen LogP contribution in [-0.4, -0.2) is 0 Å². The zero-order valence-corrected chi connectivity index (χ0v) is 15.0. The smallest absolute Gasteiger partial charge is 0.120 e. The fourth-order valence-corrected chi connectivity index (χ4v) is 2.77. The molecule has 0 aliphatic rings. The lowest BCUT2D eigenvalue weighted by Crippen LogP contribution is -2.12. The highest BCUT2D eigenvalue weighted by molar-refractivity contribution is 5.29. The lowest BCUT2D eigenvalue weighted by Gasteiger charge is -2.10. The summed E-state index contributed by atoms with van der Waals surface area (Å²) in [5, 5.41) is 3.49. The van der Waals surface area contributed by atoms with E-state index < -0.39 is 0 Å². The first kappa shape index (κ1) is 17.2. The zero-order chi connectivity index (χ0) is 17.5. The van der Waals surface area contributed by atoms with Gasteiger partial charge in [0, 0.05) is 13.1 Å². The first-order chi connectivity index (χ1) is 12.2. The minimum absolute atomic E-state index is 0.599. The van der Waals surface area contributed by atoms with Gasteiger partial charge < -0.3 is 10.1 Å². The molecule has 0 aromatic heterocycles. The Morgan fingerprint density at radius 3 is 2.20 bits per heavy atom. The summed E-state index contributed by atoms with van der Waals surface area (Å²) in [6.45, 7) is 6.51. The van der Waals surface area contributed by atoms with E-state index in [4.69, 9.17) is 4.74 Å². The summed E-state index contributed by atoms with van der Waals surface area (Å²) in [6.07, 6.45) is 0. The maximum absolute atomic E-state index is 5.94. The van der Waals surface area contributed by atoms with Crippen LogP contribution in [0.3, 0.4) is 0 Å². The van der Waals surface area contributed by atoms with Gasteiger partial charge in [0.25, 0.3) is 0 Å². The van der Waals surface area contributed by atoms with Crippen LogP contribution < -0.4 is 10.1 Å². The molecular formula is C23H25NO. The number of hydrogen-bond acceptors (Lipinski definition) is 2. The minimum Gasteiger partial charge on any atom is -0.489 e. The molecule has 3 aromatic rings. The largest absolute Gasteiger partial charge is 0.489 e. The third-order valence-corrected chi connectivity index (χ3v) is 4.17. The van der Waals surface area contributed by atoms with Crippen molar-refractivity contribution in [1.82, 2.24) is 5.32 Å². The van der Waals surface area contributed by atoms with E-state index in [9.17, 15) is 0 Å². The molecule has 1 N–H and O–H groups in total. The van der Waals surface area contributed by atoms with E-state index in [0.717, 1.165) is 18.8 Å². The van der Waals surface area contributed by atoms with Crippen LogP contribution in [0, 0.1) is 13.8 Å². The van der Waals surface area contributed by atoms with Crippen molar-refractivity contribution in [3.63, 3.8) is 0 Å². The van der Waals surface area contributed by atoms with Gasteiger partial charge in [-0.15, -0.1) is 0 Å². The first-order valence-corrected chi connectivity index (χ1v) is 8.72. The third kappa shape index (κ3) is 5.47. The molecule has 2 nitrogen and oxygen atoms in total. The SMILES string of the molecule is Cc1ccc(CNCc2cccc(OCc3cccc(C)c3)c2)cc1. The molecule has 0 aliphatic heterocycles. The Morgan fingerprint density at radius 2 is 1.40 bits per heavy atom. The Morgan fingerprint density at radius 1 is 0.680 bits per heavy atom. The van der Waals surface area contributed by atoms with Crippen molar-refractivity contribution in [3.8, 4) is 5.75 Å². The quantitative estimate of drug-likeness (QED) is 0.645. The molecule has 2 heteroatoms. The molecule has 25 heavy (non-hydrogen) atoms. The average Bonchev–Trinajstić information content (AvgIpc) is 2.62. The second-order valence-corrected chi connectivity index (χ2v) is 6.51.